The molecule has 2 heterocycles. The topological polar surface area (TPSA) is 32.3 Å². The summed E-state index contributed by atoms with van der Waals surface area (Å²) in [4.78, 5) is 13.9. The summed E-state index contributed by atoms with van der Waals surface area (Å²) in [6.07, 6.45) is 5.80. The molecule has 3 rings (SSSR count). The standard InChI is InChI=1S/C18H24N2OS.ClH/c1-14-17(22-18(21)19-14)8-5-11-20-12-9-16(10-13-20)15-6-3-2-4-7-15;/h2-4,6-7,9,14,17H,5,8,10-13H2,1H3,(H,19,21);1H. The SMILES string of the molecule is CC1NC(=O)SC1CCCN1CC=C(c2ccccc2)CC1.Cl. The molecule has 1 aromatic rings. The van der Waals surface area contributed by atoms with Crippen LogP contribution >= 0.6 is 24.2 Å². The van der Waals surface area contributed by atoms with Crippen molar-refractivity contribution in [2.24, 2.45) is 0 Å². The molecule has 0 bridgehead atoms. The van der Waals surface area contributed by atoms with E-state index in [1.807, 2.05) is 0 Å². The van der Waals surface area contributed by atoms with E-state index in [-0.39, 0.29) is 17.6 Å². The Balaban J connectivity index is 0.00000192. The average Bonchev–Trinajstić information content (AvgIpc) is 2.87. The Kier molecular flexibility index (Phi) is 7.00. The molecule has 2 aliphatic heterocycles. The lowest BCUT2D eigenvalue weighted by molar-refractivity contribution is 0.260. The third-order valence-corrected chi connectivity index (χ3v) is 5.84. The minimum absolute atomic E-state index is 0. The van der Waals surface area contributed by atoms with E-state index in [4.69, 9.17) is 0 Å². The van der Waals surface area contributed by atoms with E-state index in [0.29, 0.717) is 11.3 Å². The molecule has 126 valence electrons. The Morgan fingerprint density at radius 1 is 1.30 bits per heavy atom. The zero-order valence-electron chi connectivity index (χ0n) is 13.5. The fourth-order valence-corrected chi connectivity index (χ4v) is 4.29. The first-order valence-corrected chi connectivity index (χ1v) is 9.04. The summed E-state index contributed by atoms with van der Waals surface area (Å²) in [6.45, 7) is 5.44. The van der Waals surface area contributed by atoms with Crippen LogP contribution in [0, 0.1) is 0 Å². The van der Waals surface area contributed by atoms with Gasteiger partial charge in [-0.15, -0.1) is 12.4 Å². The summed E-state index contributed by atoms with van der Waals surface area (Å²) in [5.74, 6) is 0. The summed E-state index contributed by atoms with van der Waals surface area (Å²) in [5, 5.41) is 3.58. The average molecular weight is 353 g/mol. The predicted octanol–water partition coefficient (Wildman–Crippen LogP) is 4.19. The Bertz CT molecular complexity index is 549. The van der Waals surface area contributed by atoms with Crippen molar-refractivity contribution in [3.8, 4) is 0 Å². The first-order chi connectivity index (χ1) is 10.7. The molecule has 0 saturated carbocycles. The minimum atomic E-state index is 0. The van der Waals surface area contributed by atoms with Gasteiger partial charge in [-0.2, -0.15) is 0 Å². The van der Waals surface area contributed by atoms with Gasteiger partial charge in [0.05, 0.1) is 0 Å². The van der Waals surface area contributed by atoms with Crippen LogP contribution in [-0.2, 0) is 0 Å². The highest BCUT2D eigenvalue weighted by Gasteiger charge is 2.29. The highest BCUT2D eigenvalue weighted by molar-refractivity contribution is 8.14. The quantitative estimate of drug-likeness (QED) is 0.862. The highest BCUT2D eigenvalue weighted by Crippen LogP contribution is 2.27. The van der Waals surface area contributed by atoms with Crippen molar-refractivity contribution in [1.29, 1.82) is 0 Å². The zero-order chi connectivity index (χ0) is 15.4. The number of carbonyl (C=O) groups excluding carboxylic acids is 1. The van der Waals surface area contributed by atoms with Crippen molar-refractivity contribution in [2.45, 2.75) is 37.5 Å². The smallest absolute Gasteiger partial charge is 0.279 e. The molecule has 1 amide bonds. The fourth-order valence-electron chi connectivity index (χ4n) is 3.21. The third kappa shape index (κ3) is 5.00. The molecule has 0 aromatic heterocycles. The highest BCUT2D eigenvalue weighted by atomic mass is 35.5. The number of halogens is 1. The van der Waals surface area contributed by atoms with Gasteiger partial charge in [0.25, 0.3) is 5.24 Å². The lowest BCUT2D eigenvalue weighted by Gasteiger charge is -2.27. The maximum atomic E-state index is 11.3. The zero-order valence-corrected chi connectivity index (χ0v) is 15.2. The molecule has 0 aliphatic carbocycles. The Hall–Kier alpha value is -0.970. The summed E-state index contributed by atoms with van der Waals surface area (Å²) in [5.41, 5.74) is 2.84. The van der Waals surface area contributed by atoms with E-state index >= 15 is 0 Å². The molecule has 3 nitrogen and oxygen atoms in total. The molecular formula is C18H25ClN2OS. The molecular weight excluding hydrogens is 328 g/mol. The van der Waals surface area contributed by atoms with Crippen LogP contribution in [0.1, 0.15) is 31.7 Å². The summed E-state index contributed by atoms with van der Waals surface area (Å²) in [7, 11) is 0. The first-order valence-electron chi connectivity index (χ1n) is 8.16. The van der Waals surface area contributed by atoms with E-state index in [1.54, 1.807) is 0 Å². The lowest BCUT2D eigenvalue weighted by Crippen LogP contribution is -2.31. The number of benzene rings is 1. The fraction of sp³-hybridized carbons (Fsp3) is 0.500. The van der Waals surface area contributed by atoms with E-state index in [9.17, 15) is 4.79 Å². The number of rotatable bonds is 5. The van der Waals surface area contributed by atoms with Crippen LogP contribution in [-0.4, -0.2) is 41.1 Å². The molecule has 5 heteroatoms. The molecule has 0 spiro atoms. The van der Waals surface area contributed by atoms with Gasteiger partial charge in [0.2, 0.25) is 0 Å². The van der Waals surface area contributed by atoms with Crippen molar-refractivity contribution in [3.05, 3.63) is 42.0 Å². The molecule has 23 heavy (non-hydrogen) atoms. The van der Waals surface area contributed by atoms with Gasteiger partial charge in [-0.05, 0) is 43.9 Å². The number of hydrogen-bond donors (Lipinski definition) is 1. The van der Waals surface area contributed by atoms with E-state index < -0.39 is 0 Å². The summed E-state index contributed by atoms with van der Waals surface area (Å²) in [6, 6.07) is 11.0. The normalized spacial score (nSPS) is 24.7. The molecule has 2 unspecified atom stereocenters. The van der Waals surface area contributed by atoms with Gasteiger partial charge < -0.3 is 5.32 Å². The molecule has 0 radical (unpaired) electrons. The largest absolute Gasteiger partial charge is 0.343 e. The van der Waals surface area contributed by atoms with Gasteiger partial charge in [-0.25, -0.2) is 0 Å². The van der Waals surface area contributed by atoms with E-state index in [1.165, 1.54) is 29.3 Å². The molecule has 1 fully saturated rings. The van der Waals surface area contributed by atoms with Crippen molar-refractivity contribution >= 4 is 35.0 Å². The molecule has 1 aromatic carbocycles. The second kappa shape index (κ2) is 8.76. The number of nitrogens with one attached hydrogen (secondary N) is 1. The second-order valence-corrected chi connectivity index (χ2v) is 7.38. The third-order valence-electron chi connectivity index (χ3n) is 4.56. The predicted molar refractivity (Wildman–Crippen MR) is 101 cm³/mol. The number of amides is 1. The van der Waals surface area contributed by atoms with Gasteiger partial charge in [-0.1, -0.05) is 48.2 Å². The Morgan fingerprint density at radius 3 is 2.70 bits per heavy atom. The molecule has 1 saturated heterocycles. The van der Waals surface area contributed by atoms with Crippen LogP contribution in [0.3, 0.4) is 0 Å². The van der Waals surface area contributed by atoms with E-state index in [2.05, 4.69) is 53.5 Å². The van der Waals surface area contributed by atoms with Crippen LogP contribution in [0.25, 0.3) is 5.57 Å². The van der Waals surface area contributed by atoms with Crippen LogP contribution in [0.15, 0.2) is 36.4 Å². The molecule has 2 aliphatic rings. The van der Waals surface area contributed by atoms with Crippen molar-refractivity contribution in [2.75, 3.05) is 19.6 Å². The van der Waals surface area contributed by atoms with Crippen molar-refractivity contribution < 1.29 is 4.79 Å². The van der Waals surface area contributed by atoms with Crippen molar-refractivity contribution in [1.82, 2.24) is 10.2 Å². The maximum absolute atomic E-state index is 11.3. The minimum Gasteiger partial charge on any atom is -0.343 e. The summed E-state index contributed by atoms with van der Waals surface area (Å²) >= 11 is 1.48. The number of carbonyl (C=O) groups is 1. The van der Waals surface area contributed by atoms with Crippen molar-refractivity contribution in [3.63, 3.8) is 0 Å². The van der Waals surface area contributed by atoms with Gasteiger partial charge in [-0.3, -0.25) is 9.69 Å². The first kappa shape index (κ1) is 18.4. The van der Waals surface area contributed by atoms with Gasteiger partial charge in [0.1, 0.15) is 0 Å². The second-order valence-electron chi connectivity index (χ2n) is 6.16. The lowest BCUT2D eigenvalue weighted by atomic mass is 9.99. The maximum Gasteiger partial charge on any atom is 0.279 e. The monoisotopic (exact) mass is 352 g/mol. The van der Waals surface area contributed by atoms with Gasteiger partial charge >= 0.3 is 0 Å². The number of thioether (sulfide) groups is 1. The molecule has 2 atom stereocenters. The Morgan fingerprint density at radius 2 is 2.09 bits per heavy atom. The van der Waals surface area contributed by atoms with Gasteiger partial charge in [0.15, 0.2) is 0 Å². The van der Waals surface area contributed by atoms with Crippen LogP contribution in [0.5, 0.6) is 0 Å². The summed E-state index contributed by atoms with van der Waals surface area (Å²) < 4.78 is 0. The number of nitrogens with zero attached hydrogens (tertiary/aromatic N) is 1. The van der Waals surface area contributed by atoms with Crippen LogP contribution in [0.4, 0.5) is 4.79 Å². The van der Waals surface area contributed by atoms with Crippen LogP contribution in [0.2, 0.25) is 0 Å². The van der Waals surface area contributed by atoms with Crippen LogP contribution < -0.4 is 5.32 Å². The van der Waals surface area contributed by atoms with Gasteiger partial charge in [0, 0.05) is 24.4 Å². The van der Waals surface area contributed by atoms with E-state index in [0.717, 1.165) is 32.5 Å². The Labute approximate surface area is 149 Å². The molecule has 1 N–H and O–H groups in total. The number of hydrogen-bond acceptors (Lipinski definition) is 3.